The van der Waals surface area contributed by atoms with E-state index in [1.165, 1.54) is 5.39 Å². The molecule has 0 bridgehead atoms. The monoisotopic (exact) mass is 337 g/mol. The molecule has 1 aliphatic rings. The van der Waals surface area contributed by atoms with Gasteiger partial charge in [0.1, 0.15) is 0 Å². The molecule has 1 nitrogen and oxygen atoms in total. The highest BCUT2D eigenvalue weighted by Crippen LogP contribution is 2.39. The van der Waals surface area contributed by atoms with Crippen molar-refractivity contribution in [3.8, 4) is 0 Å². The van der Waals surface area contributed by atoms with Crippen LogP contribution >= 0.6 is 11.6 Å². The average molecular weight is 338 g/mol. The highest BCUT2D eigenvalue weighted by atomic mass is 35.5. The van der Waals surface area contributed by atoms with Crippen molar-refractivity contribution in [2.75, 3.05) is 0 Å². The molecule has 0 unspecified atom stereocenters. The molecular formula is C22H24ClN. The first-order chi connectivity index (χ1) is 11.4. The molecule has 0 spiro atoms. The van der Waals surface area contributed by atoms with Gasteiger partial charge in [-0.25, -0.2) is 0 Å². The summed E-state index contributed by atoms with van der Waals surface area (Å²) in [6.07, 6.45) is 8.65. The van der Waals surface area contributed by atoms with E-state index in [0.29, 0.717) is 0 Å². The lowest BCUT2D eigenvalue weighted by atomic mass is 9.83. The molecule has 0 heterocycles. The lowest BCUT2D eigenvalue weighted by Gasteiger charge is -2.25. The van der Waals surface area contributed by atoms with Crippen molar-refractivity contribution >= 4 is 28.1 Å². The van der Waals surface area contributed by atoms with Crippen LogP contribution in [0, 0.1) is 0 Å². The molecule has 2 aromatic rings. The minimum absolute atomic E-state index is 0.0276. The molecule has 2 aromatic carbocycles. The number of fused-ring (bicyclic) bond motifs is 1. The summed E-state index contributed by atoms with van der Waals surface area (Å²) in [5.74, 6) is 0. The Morgan fingerprint density at radius 1 is 1.17 bits per heavy atom. The first-order valence-electron chi connectivity index (χ1n) is 8.42. The smallest absolute Gasteiger partial charge is 0.0542 e. The Morgan fingerprint density at radius 2 is 1.92 bits per heavy atom. The quantitative estimate of drug-likeness (QED) is 0.666. The van der Waals surface area contributed by atoms with Crippen LogP contribution in [-0.2, 0) is 5.41 Å². The van der Waals surface area contributed by atoms with Gasteiger partial charge in [0.15, 0.2) is 0 Å². The predicted octanol–water partition coefficient (Wildman–Crippen LogP) is 6.58. The third kappa shape index (κ3) is 3.27. The third-order valence-electron chi connectivity index (χ3n) is 4.39. The second kappa shape index (κ2) is 6.49. The zero-order valence-corrected chi connectivity index (χ0v) is 15.4. The molecule has 124 valence electrons. The number of benzene rings is 2. The van der Waals surface area contributed by atoms with Crippen LogP contribution in [0.5, 0.6) is 0 Å². The molecule has 0 atom stereocenters. The van der Waals surface area contributed by atoms with E-state index >= 15 is 0 Å². The van der Waals surface area contributed by atoms with E-state index < -0.39 is 0 Å². The van der Waals surface area contributed by atoms with Gasteiger partial charge in [-0.2, -0.15) is 0 Å². The zero-order valence-electron chi connectivity index (χ0n) is 14.6. The topological polar surface area (TPSA) is 12.0 Å². The van der Waals surface area contributed by atoms with Crippen LogP contribution in [0.25, 0.3) is 16.5 Å². The number of hydrogen-bond acceptors (Lipinski definition) is 1. The molecular weight excluding hydrogens is 314 g/mol. The fourth-order valence-electron chi connectivity index (χ4n) is 3.11. The summed E-state index contributed by atoms with van der Waals surface area (Å²) < 4.78 is 0. The van der Waals surface area contributed by atoms with Gasteiger partial charge in [0.2, 0.25) is 0 Å². The lowest BCUT2D eigenvalue weighted by Crippen LogP contribution is -2.16. The summed E-state index contributed by atoms with van der Waals surface area (Å²) in [5, 5.41) is 6.56. The molecule has 0 radical (unpaired) electrons. The molecule has 0 aliphatic heterocycles. The van der Waals surface area contributed by atoms with E-state index in [4.69, 9.17) is 11.6 Å². The Labute approximate surface area is 149 Å². The number of allylic oxidation sites excluding steroid dienone is 3. The molecule has 24 heavy (non-hydrogen) atoms. The Bertz CT molecular complexity index is 850. The predicted molar refractivity (Wildman–Crippen MR) is 106 cm³/mol. The lowest BCUT2D eigenvalue weighted by molar-refractivity contribution is 0.591. The average Bonchev–Trinajstić information content (AvgIpc) is 2.54. The van der Waals surface area contributed by atoms with Gasteiger partial charge in [-0.05, 0) is 46.7 Å². The molecule has 0 aromatic heterocycles. The Hall–Kier alpha value is -1.99. The Morgan fingerprint density at radius 3 is 2.58 bits per heavy atom. The highest BCUT2D eigenvalue weighted by Gasteiger charge is 2.22. The molecule has 0 saturated carbocycles. The molecule has 3 rings (SSSR count). The van der Waals surface area contributed by atoms with Crippen molar-refractivity contribution in [1.29, 1.82) is 0 Å². The molecule has 0 saturated heterocycles. The Balaban J connectivity index is 2.14. The van der Waals surface area contributed by atoms with Crippen LogP contribution in [0.2, 0.25) is 5.02 Å². The fraction of sp³-hybridized carbons (Fsp3) is 0.273. The van der Waals surface area contributed by atoms with Gasteiger partial charge in [0, 0.05) is 17.0 Å². The Kier molecular flexibility index (Phi) is 4.56. The van der Waals surface area contributed by atoms with E-state index in [1.807, 2.05) is 6.07 Å². The number of halogens is 1. The van der Waals surface area contributed by atoms with Crippen LogP contribution in [-0.4, -0.2) is 0 Å². The van der Waals surface area contributed by atoms with Crippen LogP contribution in [0.1, 0.15) is 44.7 Å². The third-order valence-corrected chi connectivity index (χ3v) is 4.78. The number of nitrogens with one attached hydrogen (secondary N) is 1. The van der Waals surface area contributed by atoms with Gasteiger partial charge in [-0.15, -0.1) is 0 Å². The number of rotatable bonds is 3. The summed E-state index contributed by atoms with van der Waals surface area (Å²) in [7, 11) is 0. The minimum atomic E-state index is -0.0276. The van der Waals surface area contributed by atoms with Crippen LogP contribution in [0.3, 0.4) is 0 Å². The summed E-state index contributed by atoms with van der Waals surface area (Å²) in [4.78, 5) is 0. The van der Waals surface area contributed by atoms with Gasteiger partial charge in [-0.1, -0.05) is 75.4 Å². The first kappa shape index (κ1) is 16.9. The standard InChI is InChI=1S/C22H24ClN/c1-15(24-17-11-6-5-7-12-17)20-18-13-9-8-10-16(18)14-19(21(20)23)22(2,3)4/h6,8-14,24H,1,5,7H2,2-4H3. The summed E-state index contributed by atoms with van der Waals surface area (Å²) >= 11 is 6.85. The maximum Gasteiger partial charge on any atom is 0.0542 e. The fourth-order valence-corrected chi connectivity index (χ4v) is 3.66. The van der Waals surface area contributed by atoms with Crippen molar-refractivity contribution in [3.63, 3.8) is 0 Å². The minimum Gasteiger partial charge on any atom is -0.356 e. The van der Waals surface area contributed by atoms with E-state index in [0.717, 1.165) is 45.8 Å². The second-order valence-corrected chi connectivity index (χ2v) is 7.70. The number of hydrogen-bond donors (Lipinski definition) is 1. The normalized spacial score (nSPS) is 14.6. The molecule has 0 amide bonds. The summed E-state index contributed by atoms with van der Waals surface area (Å²) in [5.41, 5.74) is 4.06. The van der Waals surface area contributed by atoms with Gasteiger partial charge in [-0.3, -0.25) is 0 Å². The molecule has 2 heteroatoms. The van der Waals surface area contributed by atoms with E-state index in [1.54, 1.807) is 0 Å². The molecule has 1 aliphatic carbocycles. The highest BCUT2D eigenvalue weighted by molar-refractivity contribution is 6.34. The summed E-state index contributed by atoms with van der Waals surface area (Å²) in [6, 6.07) is 10.6. The maximum atomic E-state index is 6.85. The van der Waals surface area contributed by atoms with Crippen LogP contribution < -0.4 is 5.32 Å². The first-order valence-corrected chi connectivity index (χ1v) is 8.80. The van der Waals surface area contributed by atoms with Gasteiger partial charge in [0.25, 0.3) is 0 Å². The van der Waals surface area contributed by atoms with Gasteiger partial charge in [0.05, 0.1) is 5.02 Å². The largest absolute Gasteiger partial charge is 0.356 e. The van der Waals surface area contributed by atoms with Gasteiger partial charge >= 0.3 is 0 Å². The van der Waals surface area contributed by atoms with E-state index in [9.17, 15) is 0 Å². The maximum absolute atomic E-state index is 6.85. The van der Waals surface area contributed by atoms with Crippen molar-refractivity contribution in [2.45, 2.75) is 39.0 Å². The summed E-state index contributed by atoms with van der Waals surface area (Å²) in [6.45, 7) is 10.9. The van der Waals surface area contributed by atoms with Crippen LogP contribution in [0.4, 0.5) is 0 Å². The van der Waals surface area contributed by atoms with Crippen molar-refractivity contribution < 1.29 is 0 Å². The van der Waals surface area contributed by atoms with Crippen molar-refractivity contribution in [1.82, 2.24) is 5.32 Å². The van der Waals surface area contributed by atoms with Gasteiger partial charge < -0.3 is 5.32 Å². The van der Waals surface area contributed by atoms with Crippen molar-refractivity contribution in [3.05, 3.63) is 77.0 Å². The zero-order chi connectivity index (χ0) is 17.3. The van der Waals surface area contributed by atoms with E-state index in [-0.39, 0.29) is 5.41 Å². The SMILES string of the molecule is C=C(NC1=CCCC=C1)c1c(Cl)c(C(C)(C)C)cc2ccccc12. The van der Waals surface area contributed by atoms with Crippen molar-refractivity contribution in [2.24, 2.45) is 0 Å². The molecule has 0 fully saturated rings. The van der Waals surface area contributed by atoms with Crippen LogP contribution in [0.15, 0.2) is 60.8 Å². The molecule has 1 N–H and O–H groups in total. The second-order valence-electron chi connectivity index (χ2n) is 7.33. The van der Waals surface area contributed by atoms with E-state index in [2.05, 4.69) is 75.2 Å².